The molecule has 0 amide bonds. The van der Waals surface area contributed by atoms with Crippen LogP contribution in [0.15, 0.2) is 29.7 Å². The van der Waals surface area contributed by atoms with Crippen molar-refractivity contribution in [1.29, 1.82) is 0 Å². The molecule has 98 valence electrons. The second-order valence-corrected chi connectivity index (χ2v) is 5.26. The first-order chi connectivity index (χ1) is 8.85. The standard InChI is InChI=1S/C14H21N3S/c1-16-14(10-18-11-15)12-4-6-13(7-5-12)17-8-2-3-9-17/h4-7,10,16H,2-3,8-9,11,15H2,1H3/b14-10-. The second kappa shape index (κ2) is 6.71. The van der Waals surface area contributed by atoms with Crippen molar-refractivity contribution in [3.8, 4) is 0 Å². The van der Waals surface area contributed by atoms with E-state index < -0.39 is 0 Å². The Morgan fingerprint density at radius 2 is 2.00 bits per heavy atom. The normalized spacial score (nSPS) is 16.1. The van der Waals surface area contributed by atoms with E-state index in [1.165, 1.54) is 37.2 Å². The largest absolute Gasteiger partial charge is 0.387 e. The van der Waals surface area contributed by atoms with Crippen molar-refractivity contribution < 1.29 is 0 Å². The van der Waals surface area contributed by atoms with Crippen molar-refractivity contribution in [1.82, 2.24) is 5.32 Å². The number of benzene rings is 1. The highest BCUT2D eigenvalue weighted by molar-refractivity contribution is 8.02. The van der Waals surface area contributed by atoms with Crippen LogP contribution >= 0.6 is 11.8 Å². The Balaban J connectivity index is 2.10. The van der Waals surface area contributed by atoms with E-state index in [2.05, 4.69) is 39.9 Å². The first-order valence-electron chi connectivity index (χ1n) is 6.40. The summed E-state index contributed by atoms with van der Waals surface area (Å²) in [6.07, 6.45) is 2.63. The van der Waals surface area contributed by atoms with Gasteiger partial charge in [-0.1, -0.05) is 12.1 Å². The zero-order valence-corrected chi connectivity index (χ0v) is 11.7. The van der Waals surface area contributed by atoms with Crippen LogP contribution in [0.5, 0.6) is 0 Å². The fourth-order valence-electron chi connectivity index (χ4n) is 2.23. The maximum atomic E-state index is 5.50. The lowest BCUT2D eigenvalue weighted by molar-refractivity contribution is 0.949. The fraction of sp³-hybridized carbons (Fsp3) is 0.429. The van der Waals surface area contributed by atoms with E-state index in [1.807, 2.05) is 7.05 Å². The quantitative estimate of drug-likeness (QED) is 0.801. The van der Waals surface area contributed by atoms with Gasteiger partial charge in [-0.25, -0.2) is 0 Å². The second-order valence-electron chi connectivity index (χ2n) is 4.36. The lowest BCUT2D eigenvalue weighted by Gasteiger charge is -2.18. The van der Waals surface area contributed by atoms with Crippen LogP contribution in [-0.4, -0.2) is 26.0 Å². The monoisotopic (exact) mass is 263 g/mol. The Bertz CT molecular complexity index is 394. The number of thioether (sulfide) groups is 1. The number of nitrogens with zero attached hydrogens (tertiary/aromatic N) is 1. The molecule has 1 fully saturated rings. The minimum Gasteiger partial charge on any atom is -0.387 e. The van der Waals surface area contributed by atoms with E-state index >= 15 is 0 Å². The van der Waals surface area contributed by atoms with Crippen molar-refractivity contribution >= 4 is 23.1 Å². The molecule has 0 spiro atoms. The zero-order valence-electron chi connectivity index (χ0n) is 10.9. The summed E-state index contributed by atoms with van der Waals surface area (Å²) in [4.78, 5) is 2.45. The Labute approximate surface area is 113 Å². The van der Waals surface area contributed by atoms with Crippen LogP contribution in [0, 0.1) is 0 Å². The van der Waals surface area contributed by atoms with Crippen LogP contribution in [0.1, 0.15) is 18.4 Å². The highest BCUT2D eigenvalue weighted by atomic mass is 32.2. The third kappa shape index (κ3) is 3.21. The molecule has 0 atom stereocenters. The van der Waals surface area contributed by atoms with Crippen molar-refractivity contribution in [2.75, 3.05) is 30.9 Å². The lowest BCUT2D eigenvalue weighted by atomic mass is 10.1. The molecule has 0 radical (unpaired) electrons. The van der Waals surface area contributed by atoms with Crippen LogP contribution in [0.4, 0.5) is 5.69 Å². The lowest BCUT2D eigenvalue weighted by Crippen LogP contribution is -2.17. The Morgan fingerprint density at radius 3 is 2.56 bits per heavy atom. The van der Waals surface area contributed by atoms with Crippen LogP contribution in [0.3, 0.4) is 0 Å². The third-order valence-corrected chi connectivity index (χ3v) is 3.81. The van der Waals surface area contributed by atoms with E-state index in [-0.39, 0.29) is 0 Å². The number of hydrogen-bond acceptors (Lipinski definition) is 4. The van der Waals surface area contributed by atoms with E-state index in [0.29, 0.717) is 5.88 Å². The molecule has 2 rings (SSSR count). The smallest absolute Gasteiger partial charge is 0.0475 e. The Hall–Kier alpha value is -1.13. The summed E-state index contributed by atoms with van der Waals surface area (Å²) in [5.41, 5.74) is 9.17. The van der Waals surface area contributed by atoms with Gasteiger partial charge in [-0.2, -0.15) is 0 Å². The Kier molecular flexibility index (Phi) is 4.96. The number of rotatable bonds is 5. The first kappa shape index (κ1) is 13.3. The molecule has 1 aromatic rings. The molecule has 0 aromatic heterocycles. The average molecular weight is 263 g/mol. The number of hydrogen-bond donors (Lipinski definition) is 2. The number of nitrogens with one attached hydrogen (secondary N) is 1. The molecule has 0 aliphatic carbocycles. The van der Waals surface area contributed by atoms with Crippen molar-refractivity contribution in [2.45, 2.75) is 12.8 Å². The minimum atomic E-state index is 0.608. The van der Waals surface area contributed by atoms with Gasteiger partial charge in [-0.3, -0.25) is 0 Å². The Morgan fingerprint density at radius 1 is 1.33 bits per heavy atom. The number of nitrogens with two attached hydrogens (primary N) is 1. The van der Waals surface area contributed by atoms with Gasteiger partial charge in [-0.05, 0) is 35.9 Å². The van der Waals surface area contributed by atoms with E-state index in [4.69, 9.17) is 5.73 Å². The molecule has 1 aromatic carbocycles. The summed E-state index contributed by atoms with van der Waals surface area (Å²) in [5.74, 6) is 0.608. The van der Waals surface area contributed by atoms with Gasteiger partial charge >= 0.3 is 0 Å². The molecular weight excluding hydrogens is 242 g/mol. The minimum absolute atomic E-state index is 0.608. The molecule has 1 saturated heterocycles. The average Bonchev–Trinajstić information content (AvgIpc) is 2.94. The van der Waals surface area contributed by atoms with E-state index in [0.717, 1.165) is 5.70 Å². The van der Waals surface area contributed by atoms with Gasteiger partial charge in [0, 0.05) is 37.4 Å². The maximum Gasteiger partial charge on any atom is 0.0475 e. The highest BCUT2D eigenvalue weighted by Crippen LogP contribution is 2.23. The van der Waals surface area contributed by atoms with Crippen molar-refractivity contribution in [2.24, 2.45) is 5.73 Å². The first-order valence-corrected chi connectivity index (χ1v) is 7.45. The predicted molar refractivity (Wildman–Crippen MR) is 81.6 cm³/mol. The van der Waals surface area contributed by atoms with E-state index in [1.54, 1.807) is 11.8 Å². The zero-order chi connectivity index (χ0) is 12.8. The topological polar surface area (TPSA) is 41.3 Å². The molecule has 0 unspecified atom stereocenters. The number of anilines is 1. The molecule has 1 heterocycles. The summed E-state index contributed by atoms with van der Waals surface area (Å²) < 4.78 is 0. The summed E-state index contributed by atoms with van der Waals surface area (Å²) >= 11 is 1.61. The van der Waals surface area contributed by atoms with Crippen molar-refractivity contribution in [3.05, 3.63) is 35.2 Å². The van der Waals surface area contributed by atoms with Gasteiger partial charge in [0.1, 0.15) is 0 Å². The van der Waals surface area contributed by atoms with Gasteiger partial charge in [0.25, 0.3) is 0 Å². The van der Waals surface area contributed by atoms with Crippen molar-refractivity contribution in [3.63, 3.8) is 0 Å². The predicted octanol–water partition coefficient (Wildman–Crippen LogP) is 2.45. The molecule has 4 heteroatoms. The molecular formula is C14H21N3S. The molecule has 1 aliphatic heterocycles. The van der Waals surface area contributed by atoms with Crippen LogP contribution in [-0.2, 0) is 0 Å². The molecule has 18 heavy (non-hydrogen) atoms. The maximum absolute atomic E-state index is 5.50. The molecule has 1 aliphatic rings. The van der Waals surface area contributed by atoms with Gasteiger partial charge in [0.2, 0.25) is 0 Å². The van der Waals surface area contributed by atoms with Gasteiger partial charge in [0.05, 0.1) is 0 Å². The van der Waals surface area contributed by atoms with Crippen LogP contribution < -0.4 is 16.0 Å². The molecule has 3 nitrogen and oxygen atoms in total. The summed E-state index contributed by atoms with van der Waals surface area (Å²) in [6, 6.07) is 8.76. The SMILES string of the molecule is CN/C(=C\SCN)c1ccc(N2CCCC2)cc1. The summed E-state index contributed by atoms with van der Waals surface area (Å²) in [7, 11) is 1.94. The summed E-state index contributed by atoms with van der Waals surface area (Å²) in [5, 5.41) is 5.29. The van der Waals surface area contributed by atoms with Gasteiger partial charge in [0.15, 0.2) is 0 Å². The molecule has 3 N–H and O–H groups in total. The fourth-order valence-corrected chi connectivity index (χ4v) is 2.75. The van der Waals surface area contributed by atoms with Gasteiger partial charge in [-0.15, -0.1) is 11.8 Å². The molecule has 0 saturated carbocycles. The van der Waals surface area contributed by atoms with Crippen LogP contribution in [0.25, 0.3) is 5.70 Å². The van der Waals surface area contributed by atoms with Gasteiger partial charge < -0.3 is 16.0 Å². The van der Waals surface area contributed by atoms with Crippen LogP contribution in [0.2, 0.25) is 0 Å². The van der Waals surface area contributed by atoms with E-state index in [9.17, 15) is 0 Å². The summed E-state index contributed by atoms with van der Waals surface area (Å²) in [6.45, 7) is 2.38. The third-order valence-electron chi connectivity index (χ3n) is 3.22. The highest BCUT2D eigenvalue weighted by Gasteiger charge is 2.11. The molecule has 0 bridgehead atoms.